The van der Waals surface area contributed by atoms with Crippen molar-refractivity contribution < 1.29 is 13.5 Å². The molecule has 1 fully saturated rings. The Morgan fingerprint density at radius 1 is 1.25 bits per heavy atom. The highest BCUT2D eigenvalue weighted by Gasteiger charge is 2.31. The lowest BCUT2D eigenvalue weighted by Crippen LogP contribution is -2.41. The van der Waals surface area contributed by atoms with Gasteiger partial charge in [0.1, 0.15) is 5.75 Å². The van der Waals surface area contributed by atoms with E-state index in [2.05, 4.69) is 0 Å². The molecule has 5 heteroatoms. The topological polar surface area (TPSA) is 80.4 Å². The fourth-order valence-corrected chi connectivity index (χ4v) is 3.75. The second-order valence-electron chi connectivity index (χ2n) is 4.26. The van der Waals surface area contributed by atoms with Crippen molar-refractivity contribution in [3.8, 4) is 5.75 Å². The molecule has 2 unspecified atom stereocenters. The monoisotopic (exact) mass is 241 g/mol. The van der Waals surface area contributed by atoms with Gasteiger partial charge in [-0.15, -0.1) is 0 Å². The Morgan fingerprint density at radius 3 is 2.44 bits per heavy atom. The second kappa shape index (κ2) is 4.07. The first-order valence-electron chi connectivity index (χ1n) is 5.23. The summed E-state index contributed by atoms with van der Waals surface area (Å²) >= 11 is 0. The normalized spacial score (nSPS) is 28.8. The number of phenolic OH excluding ortho intramolecular Hbond substituents is 1. The Labute approximate surface area is 95.0 Å². The fraction of sp³-hybridized carbons (Fsp3) is 0.455. The van der Waals surface area contributed by atoms with Crippen LogP contribution in [0, 0.1) is 0 Å². The summed E-state index contributed by atoms with van der Waals surface area (Å²) in [6.45, 7) is 0. The Balaban J connectivity index is 2.20. The van der Waals surface area contributed by atoms with Crippen LogP contribution in [0.4, 0.5) is 0 Å². The summed E-state index contributed by atoms with van der Waals surface area (Å²) in [4.78, 5) is 0. The van der Waals surface area contributed by atoms with Crippen LogP contribution in [0.5, 0.6) is 5.75 Å². The Hall–Kier alpha value is -1.07. The molecule has 1 aliphatic rings. The van der Waals surface area contributed by atoms with Crippen LogP contribution in [0.1, 0.15) is 17.9 Å². The molecule has 4 nitrogen and oxygen atoms in total. The fourth-order valence-electron chi connectivity index (χ4n) is 2.15. The van der Waals surface area contributed by atoms with Crippen molar-refractivity contribution in [1.82, 2.24) is 0 Å². The van der Waals surface area contributed by atoms with Gasteiger partial charge in [0.05, 0.1) is 11.5 Å². The van der Waals surface area contributed by atoms with E-state index in [0.717, 1.165) is 5.56 Å². The molecule has 1 aromatic carbocycles. The molecule has 0 radical (unpaired) electrons. The molecule has 2 atom stereocenters. The minimum absolute atomic E-state index is 0.0541. The van der Waals surface area contributed by atoms with E-state index in [-0.39, 0.29) is 29.2 Å². The predicted molar refractivity (Wildman–Crippen MR) is 62.1 cm³/mol. The zero-order chi connectivity index (χ0) is 11.8. The second-order valence-corrected chi connectivity index (χ2v) is 6.49. The third kappa shape index (κ3) is 2.36. The molecule has 1 aliphatic heterocycles. The van der Waals surface area contributed by atoms with E-state index in [9.17, 15) is 13.5 Å². The lowest BCUT2D eigenvalue weighted by atomic mass is 9.90. The molecule has 1 saturated heterocycles. The van der Waals surface area contributed by atoms with Gasteiger partial charge in [0, 0.05) is 12.0 Å². The lowest BCUT2D eigenvalue weighted by molar-refractivity contribution is 0.472. The standard InChI is InChI=1S/C11H15NO3S/c12-11-7-16(14,15)6-5-10(11)8-1-3-9(13)4-2-8/h1-4,10-11,13H,5-7,12H2. The molecule has 88 valence electrons. The van der Waals surface area contributed by atoms with Crippen LogP contribution >= 0.6 is 0 Å². The average Bonchev–Trinajstić information content (AvgIpc) is 2.19. The molecular formula is C11H15NO3S. The quantitative estimate of drug-likeness (QED) is 0.755. The van der Waals surface area contributed by atoms with Crippen LogP contribution in [0.15, 0.2) is 24.3 Å². The highest BCUT2D eigenvalue weighted by molar-refractivity contribution is 7.91. The summed E-state index contributed by atoms with van der Waals surface area (Å²) in [7, 11) is -2.96. The molecule has 2 rings (SSSR count). The average molecular weight is 241 g/mol. The van der Waals surface area contributed by atoms with Crippen LogP contribution in [-0.2, 0) is 9.84 Å². The van der Waals surface area contributed by atoms with E-state index in [1.165, 1.54) is 0 Å². The number of hydrogen-bond donors (Lipinski definition) is 2. The van der Waals surface area contributed by atoms with Crippen molar-refractivity contribution in [2.45, 2.75) is 18.4 Å². The molecule has 0 spiro atoms. The summed E-state index contributed by atoms with van der Waals surface area (Å²) < 4.78 is 22.7. The lowest BCUT2D eigenvalue weighted by Gasteiger charge is -2.28. The van der Waals surface area contributed by atoms with Gasteiger partial charge < -0.3 is 10.8 Å². The molecule has 0 bridgehead atoms. The third-order valence-corrected chi connectivity index (χ3v) is 4.77. The smallest absolute Gasteiger partial charge is 0.151 e. The Bertz CT molecular complexity index is 467. The van der Waals surface area contributed by atoms with Crippen molar-refractivity contribution in [2.75, 3.05) is 11.5 Å². The van der Waals surface area contributed by atoms with Gasteiger partial charge in [0.15, 0.2) is 9.84 Å². The van der Waals surface area contributed by atoms with E-state index in [0.29, 0.717) is 6.42 Å². The summed E-state index contributed by atoms with van der Waals surface area (Å²) in [6, 6.07) is 6.47. The van der Waals surface area contributed by atoms with Gasteiger partial charge >= 0.3 is 0 Å². The van der Waals surface area contributed by atoms with Gasteiger partial charge in [0.25, 0.3) is 0 Å². The highest BCUT2D eigenvalue weighted by Crippen LogP contribution is 2.29. The minimum atomic E-state index is -2.96. The molecule has 3 N–H and O–H groups in total. The third-order valence-electron chi connectivity index (χ3n) is 3.02. The predicted octanol–water partition coefficient (Wildman–Crippen LogP) is 0.622. The molecule has 0 aromatic heterocycles. The van der Waals surface area contributed by atoms with Crippen LogP contribution in [0.25, 0.3) is 0 Å². The number of phenols is 1. The maximum atomic E-state index is 11.4. The van der Waals surface area contributed by atoms with Gasteiger partial charge in [-0.1, -0.05) is 12.1 Å². The van der Waals surface area contributed by atoms with Crippen LogP contribution in [0.2, 0.25) is 0 Å². The number of nitrogens with two attached hydrogens (primary N) is 1. The number of benzene rings is 1. The SMILES string of the molecule is NC1CS(=O)(=O)CCC1c1ccc(O)cc1. The number of aromatic hydroxyl groups is 1. The van der Waals surface area contributed by atoms with Crippen molar-refractivity contribution in [3.63, 3.8) is 0 Å². The molecule has 0 saturated carbocycles. The molecule has 1 heterocycles. The van der Waals surface area contributed by atoms with Crippen molar-refractivity contribution in [2.24, 2.45) is 5.73 Å². The number of rotatable bonds is 1. The Morgan fingerprint density at radius 2 is 1.88 bits per heavy atom. The van der Waals surface area contributed by atoms with Crippen LogP contribution < -0.4 is 5.73 Å². The van der Waals surface area contributed by atoms with Gasteiger partial charge in [-0.2, -0.15) is 0 Å². The van der Waals surface area contributed by atoms with Crippen LogP contribution in [-0.4, -0.2) is 31.1 Å². The molecule has 16 heavy (non-hydrogen) atoms. The van der Waals surface area contributed by atoms with E-state index < -0.39 is 9.84 Å². The molecule has 0 aliphatic carbocycles. The van der Waals surface area contributed by atoms with Crippen molar-refractivity contribution in [1.29, 1.82) is 0 Å². The van der Waals surface area contributed by atoms with Crippen LogP contribution in [0.3, 0.4) is 0 Å². The molecule has 0 amide bonds. The van der Waals surface area contributed by atoms with E-state index in [4.69, 9.17) is 5.73 Å². The van der Waals surface area contributed by atoms with Crippen molar-refractivity contribution in [3.05, 3.63) is 29.8 Å². The van der Waals surface area contributed by atoms with Gasteiger partial charge in [-0.05, 0) is 24.1 Å². The number of sulfone groups is 1. The first-order chi connectivity index (χ1) is 7.48. The summed E-state index contributed by atoms with van der Waals surface area (Å²) in [5.41, 5.74) is 6.88. The van der Waals surface area contributed by atoms with E-state index >= 15 is 0 Å². The largest absolute Gasteiger partial charge is 0.508 e. The Kier molecular flexibility index (Phi) is 2.90. The number of hydrogen-bond acceptors (Lipinski definition) is 4. The first kappa shape index (κ1) is 11.4. The van der Waals surface area contributed by atoms with Gasteiger partial charge in [-0.3, -0.25) is 0 Å². The summed E-state index contributed by atoms with van der Waals surface area (Å²) in [5.74, 6) is 0.537. The highest BCUT2D eigenvalue weighted by atomic mass is 32.2. The van der Waals surface area contributed by atoms with Gasteiger partial charge in [-0.25, -0.2) is 8.42 Å². The minimum Gasteiger partial charge on any atom is -0.508 e. The molecular weight excluding hydrogens is 226 g/mol. The van der Waals surface area contributed by atoms with E-state index in [1.807, 2.05) is 0 Å². The van der Waals surface area contributed by atoms with E-state index in [1.54, 1.807) is 24.3 Å². The molecule has 1 aromatic rings. The maximum absolute atomic E-state index is 11.4. The summed E-state index contributed by atoms with van der Waals surface area (Å²) in [6.07, 6.45) is 0.564. The van der Waals surface area contributed by atoms with Gasteiger partial charge in [0.2, 0.25) is 0 Å². The first-order valence-corrected chi connectivity index (χ1v) is 7.05. The maximum Gasteiger partial charge on any atom is 0.151 e. The zero-order valence-electron chi connectivity index (χ0n) is 8.83. The zero-order valence-corrected chi connectivity index (χ0v) is 9.65. The summed E-state index contributed by atoms with van der Waals surface area (Å²) in [5, 5.41) is 9.18. The van der Waals surface area contributed by atoms with Crippen molar-refractivity contribution >= 4 is 9.84 Å².